The Morgan fingerprint density at radius 3 is 2.77 bits per heavy atom. The van der Waals surface area contributed by atoms with E-state index in [-0.39, 0.29) is 6.04 Å². The quantitative estimate of drug-likeness (QED) is 0.726. The maximum Gasteiger partial charge on any atom is 0.0876 e. The van der Waals surface area contributed by atoms with E-state index >= 15 is 0 Å². The Bertz CT molecular complexity index is 175. The summed E-state index contributed by atoms with van der Waals surface area (Å²) >= 11 is 0. The van der Waals surface area contributed by atoms with Crippen LogP contribution in [0.25, 0.3) is 0 Å². The molecular formula is C11H21NO. The van der Waals surface area contributed by atoms with E-state index in [2.05, 4.69) is 13.8 Å². The van der Waals surface area contributed by atoms with Crippen LogP contribution < -0.4 is 5.73 Å². The van der Waals surface area contributed by atoms with Crippen molar-refractivity contribution in [2.24, 2.45) is 11.7 Å². The van der Waals surface area contributed by atoms with Crippen LogP contribution in [0.3, 0.4) is 0 Å². The molecule has 2 heteroatoms. The van der Waals surface area contributed by atoms with Gasteiger partial charge in [-0.3, -0.25) is 0 Å². The molecule has 0 aromatic carbocycles. The van der Waals surface area contributed by atoms with Crippen molar-refractivity contribution in [2.45, 2.75) is 45.6 Å². The molecule has 76 valence electrons. The molecule has 0 aliphatic carbocycles. The molecule has 0 spiro atoms. The maximum absolute atomic E-state index is 6.05. The molecule has 0 amide bonds. The Labute approximate surface area is 81.1 Å². The summed E-state index contributed by atoms with van der Waals surface area (Å²) in [5.41, 5.74) is 7.35. The van der Waals surface area contributed by atoms with Crippen LogP contribution in [0.4, 0.5) is 0 Å². The predicted octanol–water partition coefficient (Wildman–Crippen LogP) is 2.44. The lowest BCUT2D eigenvalue weighted by atomic mass is 9.96. The molecule has 2 N–H and O–H groups in total. The van der Waals surface area contributed by atoms with Gasteiger partial charge in [-0.25, -0.2) is 0 Å². The third kappa shape index (κ3) is 3.81. The number of nitrogens with two attached hydrogens (primary N) is 1. The van der Waals surface area contributed by atoms with Gasteiger partial charge in [0.2, 0.25) is 0 Å². The fourth-order valence-electron chi connectivity index (χ4n) is 1.56. The topological polar surface area (TPSA) is 35.2 Å². The van der Waals surface area contributed by atoms with Gasteiger partial charge in [0.15, 0.2) is 0 Å². The maximum atomic E-state index is 6.05. The van der Waals surface area contributed by atoms with E-state index in [9.17, 15) is 0 Å². The molecule has 0 radical (unpaired) electrons. The van der Waals surface area contributed by atoms with Crippen LogP contribution in [0.1, 0.15) is 39.5 Å². The minimum atomic E-state index is 0.225. The third-order valence-electron chi connectivity index (χ3n) is 2.49. The van der Waals surface area contributed by atoms with Crippen LogP contribution in [0.5, 0.6) is 0 Å². The molecule has 0 bridgehead atoms. The number of rotatable bonds is 4. The van der Waals surface area contributed by atoms with Crippen molar-refractivity contribution in [3.63, 3.8) is 0 Å². The zero-order valence-electron chi connectivity index (χ0n) is 8.75. The standard InChI is InChI=1S/C11H21NO/c1-9(2)5-6-11(12)10-4-3-7-13-8-10/h8-9,11H,3-7,12H2,1-2H3. The van der Waals surface area contributed by atoms with Gasteiger partial charge in [-0.15, -0.1) is 0 Å². The van der Waals surface area contributed by atoms with E-state index in [1.54, 1.807) is 0 Å². The molecule has 0 aromatic rings. The molecular weight excluding hydrogens is 162 g/mol. The molecule has 0 saturated carbocycles. The van der Waals surface area contributed by atoms with Crippen LogP contribution >= 0.6 is 0 Å². The van der Waals surface area contributed by atoms with E-state index in [4.69, 9.17) is 10.5 Å². The second-order valence-electron chi connectivity index (χ2n) is 4.24. The van der Waals surface area contributed by atoms with Gasteiger partial charge in [0.1, 0.15) is 0 Å². The Kier molecular flexibility index (Phi) is 4.29. The van der Waals surface area contributed by atoms with Crippen molar-refractivity contribution < 1.29 is 4.74 Å². The van der Waals surface area contributed by atoms with Crippen LogP contribution in [0, 0.1) is 5.92 Å². The predicted molar refractivity (Wildman–Crippen MR) is 55.3 cm³/mol. The summed E-state index contributed by atoms with van der Waals surface area (Å²) in [7, 11) is 0. The van der Waals surface area contributed by atoms with Gasteiger partial charge in [0.25, 0.3) is 0 Å². The second-order valence-corrected chi connectivity index (χ2v) is 4.24. The lowest BCUT2D eigenvalue weighted by molar-refractivity contribution is 0.220. The molecule has 0 saturated heterocycles. The van der Waals surface area contributed by atoms with Gasteiger partial charge in [-0.1, -0.05) is 13.8 Å². The molecule has 1 heterocycles. The Morgan fingerprint density at radius 2 is 2.23 bits per heavy atom. The highest BCUT2D eigenvalue weighted by atomic mass is 16.5. The zero-order chi connectivity index (χ0) is 9.68. The van der Waals surface area contributed by atoms with Gasteiger partial charge in [-0.2, -0.15) is 0 Å². The van der Waals surface area contributed by atoms with Gasteiger partial charge in [0, 0.05) is 6.04 Å². The van der Waals surface area contributed by atoms with Crippen molar-refractivity contribution in [3.8, 4) is 0 Å². The van der Waals surface area contributed by atoms with Crippen molar-refractivity contribution in [2.75, 3.05) is 6.61 Å². The molecule has 2 nitrogen and oxygen atoms in total. The van der Waals surface area contributed by atoms with Crippen molar-refractivity contribution in [1.29, 1.82) is 0 Å². The summed E-state index contributed by atoms with van der Waals surface area (Å²) in [4.78, 5) is 0. The van der Waals surface area contributed by atoms with Gasteiger partial charge in [-0.05, 0) is 37.2 Å². The molecule has 1 atom stereocenters. The average molecular weight is 183 g/mol. The summed E-state index contributed by atoms with van der Waals surface area (Å²) in [6, 6.07) is 0.225. The first kappa shape index (κ1) is 10.6. The van der Waals surface area contributed by atoms with Crippen molar-refractivity contribution in [3.05, 3.63) is 11.8 Å². The first-order chi connectivity index (χ1) is 6.20. The Hall–Kier alpha value is -0.500. The Morgan fingerprint density at radius 1 is 1.46 bits per heavy atom. The average Bonchev–Trinajstić information content (AvgIpc) is 2.15. The van der Waals surface area contributed by atoms with E-state index in [0.717, 1.165) is 31.8 Å². The van der Waals surface area contributed by atoms with E-state index in [1.165, 1.54) is 12.0 Å². The smallest absolute Gasteiger partial charge is 0.0876 e. The van der Waals surface area contributed by atoms with Gasteiger partial charge < -0.3 is 10.5 Å². The lowest BCUT2D eigenvalue weighted by Crippen LogP contribution is -2.25. The largest absolute Gasteiger partial charge is 0.501 e. The molecule has 1 rings (SSSR count). The van der Waals surface area contributed by atoms with Crippen molar-refractivity contribution in [1.82, 2.24) is 0 Å². The molecule has 1 unspecified atom stereocenters. The van der Waals surface area contributed by atoms with E-state index < -0.39 is 0 Å². The fourth-order valence-corrected chi connectivity index (χ4v) is 1.56. The van der Waals surface area contributed by atoms with E-state index in [1.807, 2.05) is 6.26 Å². The lowest BCUT2D eigenvalue weighted by Gasteiger charge is -2.20. The highest BCUT2D eigenvalue weighted by Gasteiger charge is 2.12. The van der Waals surface area contributed by atoms with Crippen LogP contribution in [-0.2, 0) is 4.74 Å². The van der Waals surface area contributed by atoms with Crippen LogP contribution in [-0.4, -0.2) is 12.6 Å². The van der Waals surface area contributed by atoms with Crippen LogP contribution in [0.15, 0.2) is 11.8 Å². The number of hydrogen-bond donors (Lipinski definition) is 1. The molecule has 13 heavy (non-hydrogen) atoms. The summed E-state index contributed by atoms with van der Waals surface area (Å²) in [6.45, 7) is 5.33. The minimum absolute atomic E-state index is 0.225. The Balaban J connectivity index is 2.29. The molecule has 0 aromatic heterocycles. The number of hydrogen-bond acceptors (Lipinski definition) is 2. The summed E-state index contributed by atoms with van der Waals surface area (Å²) in [5, 5.41) is 0. The highest BCUT2D eigenvalue weighted by molar-refractivity contribution is 5.08. The fraction of sp³-hybridized carbons (Fsp3) is 0.818. The molecule has 1 aliphatic heterocycles. The highest BCUT2D eigenvalue weighted by Crippen LogP contribution is 2.18. The van der Waals surface area contributed by atoms with Gasteiger partial charge >= 0.3 is 0 Å². The summed E-state index contributed by atoms with van der Waals surface area (Å²) in [6.07, 6.45) is 6.42. The van der Waals surface area contributed by atoms with Crippen LogP contribution in [0.2, 0.25) is 0 Å². The normalized spacial score (nSPS) is 19.5. The second kappa shape index (κ2) is 5.28. The SMILES string of the molecule is CC(C)CCC(N)C1=COCCC1. The summed E-state index contributed by atoms with van der Waals surface area (Å²) in [5.74, 6) is 0.746. The van der Waals surface area contributed by atoms with Gasteiger partial charge in [0.05, 0.1) is 12.9 Å². The van der Waals surface area contributed by atoms with E-state index in [0.29, 0.717) is 0 Å². The zero-order valence-corrected chi connectivity index (χ0v) is 8.75. The third-order valence-corrected chi connectivity index (χ3v) is 2.49. The molecule has 1 aliphatic rings. The van der Waals surface area contributed by atoms with Crippen molar-refractivity contribution >= 4 is 0 Å². The first-order valence-electron chi connectivity index (χ1n) is 5.26. The number of ether oxygens (including phenoxy) is 1. The first-order valence-corrected chi connectivity index (χ1v) is 5.26. The minimum Gasteiger partial charge on any atom is -0.501 e. The monoisotopic (exact) mass is 183 g/mol. The molecule has 0 fully saturated rings. The summed E-state index contributed by atoms with van der Waals surface area (Å²) < 4.78 is 5.27.